The Morgan fingerprint density at radius 1 is 0.602 bits per heavy atom. The van der Waals surface area contributed by atoms with Crippen molar-refractivity contribution in [2.45, 2.75) is 165 Å². The monoisotopic (exact) mass is 1300 g/mol. The first-order chi connectivity index (χ1) is 43.6. The molecule has 6 N–H and O–H groups in total. The van der Waals surface area contributed by atoms with E-state index in [9.17, 15) is 56.3 Å². The van der Waals surface area contributed by atoms with Gasteiger partial charge in [0, 0.05) is 59.7 Å². The summed E-state index contributed by atoms with van der Waals surface area (Å²) >= 11 is 6.30. The quantitative estimate of drug-likeness (QED) is 0.0367. The number of benzene rings is 3. The largest absolute Gasteiger partial charge is 0.345 e. The van der Waals surface area contributed by atoms with Gasteiger partial charge in [-0.1, -0.05) is 37.5 Å². The first kappa shape index (κ1) is 71.0. The molecule has 6 amide bonds. The first-order valence-corrected chi connectivity index (χ1v) is 30.9. The number of aryl methyl sites for hydroxylation is 4. The van der Waals surface area contributed by atoms with Crippen LogP contribution in [0.2, 0.25) is 5.15 Å². The molecular weight excluding hydrogens is 1220 g/mol. The van der Waals surface area contributed by atoms with Gasteiger partial charge in [-0.15, -0.1) is 0 Å². The van der Waals surface area contributed by atoms with Gasteiger partial charge >= 0.3 is 0 Å². The maximum atomic E-state index is 13.6. The highest BCUT2D eigenvalue weighted by molar-refractivity contribution is 6.45. The van der Waals surface area contributed by atoms with Gasteiger partial charge in [-0.25, -0.2) is 13.2 Å². The summed E-state index contributed by atoms with van der Waals surface area (Å²) in [6.45, 7) is 23.8. The predicted octanol–water partition coefficient (Wildman–Crippen LogP) is 11.7. The predicted molar refractivity (Wildman–Crippen MR) is 345 cm³/mol. The normalized spacial score (nSPS) is 13.0. The number of rotatable bonds is 17. The molecule has 93 heavy (non-hydrogen) atoms. The number of fused-ring (bicyclic) bond motifs is 2. The number of Topliss-reactive ketones (excluding diaryl/α,β-unsaturated/α-hetero) is 3. The van der Waals surface area contributed by atoms with E-state index < -0.39 is 64.0 Å². The van der Waals surface area contributed by atoms with E-state index in [-0.39, 0.29) is 63.0 Å². The number of nitrogens with one attached hydrogen (secondary N) is 6. The number of hydrogen-bond acceptors (Lipinski definition) is 12. The van der Waals surface area contributed by atoms with Gasteiger partial charge in [-0.05, 0) is 209 Å². The Labute approximate surface area is 542 Å². The maximum absolute atomic E-state index is 13.6. The number of carbonyl (C=O) groups is 9. The Bertz CT molecular complexity index is 4090. The van der Waals surface area contributed by atoms with Crippen molar-refractivity contribution >= 4 is 81.5 Å². The van der Waals surface area contributed by atoms with Crippen LogP contribution in [0.15, 0.2) is 71.3 Å². The molecule has 7 aromatic rings. The number of nitrogens with zero attached hydrogens (tertiary/aromatic N) is 5. The van der Waals surface area contributed by atoms with Crippen LogP contribution in [0.3, 0.4) is 0 Å². The van der Waals surface area contributed by atoms with E-state index in [0.717, 1.165) is 31.4 Å². The highest BCUT2D eigenvalue weighted by Crippen LogP contribution is 2.31. The van der Waals surface area contributed by atoms with Crippen molar-refractivity contribution < 1.29 is 60.8 Å². The highest BCUT2D eigenvalue weighted by Gasteiger charge is 2.35. The van der Waals surface area contributed by atoms with Crippen molar-refractivity contribution in [2.75, 3.05) is 16.0 Å². The van der Waals surface area contributed by atoms with Gasteiger partial charge in [-0.3, -0.25) is 43.2 Å². The number of halogens is 4. The van der Waals surface area contributed by atoms with Gasteiger partial charge in [0.1, 0.15) is 28.6 Å². The molecule has 0 fully saturated rings. The molecule has 2 aliphatic heterocycles. The van der Waals surface area contributed by atoms with Crippen LogP contribution in [-0.2, 0) is 47.4 Å². The molecule has 0 aliphatic carbocycles. The van der Waals surface area contributed by atoms with Gasteiger partial charge in [0.2, 0.25) is 5.89 Å². The van der Waals surface area contributed by atoms with Crippen molar-refractivity contribution in [3.05, 3.63) is 168 Å². The van der Waals surface area contributed by atoms with Gasteiger partial charge in [0.25, 0.3) is 52.8 Å². The second-order valence-corrected chi connectivity index (χ2v) is 25.6. The fourth-order valence-electron chi connectivity index (χ4n) is 10.6. The molecule has 0 saturated heterocycles. The number of aromatic nitrogens is 5. The lowest BCUT2D eigenvalue weighted by Gasteiger charge is -2.24. The third kappa shape index (κ3) is 17.0. The zero-order chi connectivity index (χ0) is 68.7. The van der Waals surface area contributed by atoms with Crippen LogP contribution in [0, 0.1) is 58.0 Å². The Morgan fingerprint density at radius 2 is 1.03 bits per heavy atom. The minimum absolute atomic E-state index is 0.0322. The van der Waals surface area contributed by atoms with Crippen LogP contribution < -0.4 is 31.9 Å². The third-order valence-corrected chi connectivity index (χ3v) is 16.4. The van der Waals surface area contributed by atoms with Gasteiger partial charge in [0.15, 0.2) is 5.82 Å². The summed E-state index contributed by atoms with van der Waals surface area (Å²) in [5.74, 6) is -6.32. The Balaban J connectivity index is 0.000000199. The molecule has 2 aliphatic rings. The van der Waals surface area contributed by atoms with Gasteiger partial charge < -0.3 is 50.1 Å². The molecule has 1 atom stereocenters. The minimum atomic E-state index is -0.813. The summed E-state index contributed by atoms with van der Waals surface area (Å²) < 4.78 is 50.6. The summed E-state index contributed by atoms with van der Waals surface area (Å²) in [5.41, 5.74) is 4.41. The van der Waals surface area contributed by atoms with Crippen LogP contribution in [0.1, 0.15) is 201 Å². The zero-order valence-electron chi connectivity index (χ0n) is 54.7. The molecular formula is C68H79ClF3N11O10. The average Bonchev–Trinajstić information content (AvgIpc) is 1.65. The lowest BCUT2D eigenvalue weighted by molar-refractivity contribution is -0.119. The van der Waals surface area contributed by atoms with Gasteiger partial charge in [0.05, 0.1) is 33.8 Å². The molecule has 1 unspecified atom stereocenters. The van der Waals surface area contributed by atoms with Crippen LogP contribution in [0.5, 0.6) is 0 Å². The standard InChI is InChI=1S/C25H28FN5O4.C22H26FN3O3.C21H25ClFN3O3/c1-13(2)21(25-27-15(4)30-35-25)29-24(34)22(32)20-12-17(19-7-5-6-10-31(19)20)23(33)28-16-8-9-18(26)14(3)11-16;1-13-11-14(8-9-16(13)23)24-20(28)15-12-18(26-10-6-5-7-17(15)26)19(27)21(29)25-22(2,3)4;1-7-21(4,5)25-20(29)17(27)16-12(3)15(18(22)26(16)6)19(28)24-13-8-9-14(23)11(2)10-13/h8-9,11-13,21H,5-7,10H2,1-4H3,(H,28,33)(H,29,34);8-9,11-12H,5-7,10H2,1-4H3,(H,24,28)(H,25,29);8-10H,7H2,1-6H3,(H,24,28)(H,25,29). The SMILES string of the molecule is CCC(C)(C)NC(=O)C(=O)c1c(C)c(C(=O)Nc2ccc(F)c(C)c2)c(Cl)n1C.Cc1cc(NC(=O)c2cc(C(=O)C(=O)NC(C)(C)C)n3c2CCCC3)ccc1F.Cc1noc(C(NC(=O)C(=O)c2cc(C(=O)Nc3ccc(F)c(C)c3)c3n2CCCC3)C(C)C)n1. The maximum Gasteiger partial charge on any atom is 0.294 e. The smallest absolute Gasteiger partial charge is 0.294 e. The van der Waals surface area contributed by atoms with Crippen molar-refractivity contribution in [1.82, 2.24) is 39.8 Å². The minimum Gasteiger partial charge on any atom is -0.345 e. The number of carbonyl (C=O) groups excluding carboxylic acids is 9. The molecule has 0 saturated carbocycles. The zero-order valence-corrected chi connectivity index (χ0v) is 55.5. The second-order valence-electron chi connectivity index (χ2n) is 25.2. The molecule has 0 radical (unpaired) electrons. The molecule has 0 spiro atoms. The van der Waals surface area contributed by atoms with Gasteiger partial charge in [-0.2, -0.15) is 4.98 Å². The van der Waals surface area contributed by atoms with Crippen molar-refractivity contribution in [2.24, 2.45) is 13.0 Å². The molecule has 4 aromatic heterocycles. The molecule has 21 nitrogen and oxygen atoms in total. The fraction of sp³-hybridized carbons (Fsp3) is 0.397. The fourth-order valence-corrected chi connectivity index (χ4v) is 10.9. The first-order valence-electron chi connectivity index (χ1n) is 30.5. The van der Waals surface area contributed by atoms with Crippen molar-refractivity contribution in [3.8, 4) is 0 Å². The lowest BCUT2D eigenvalue weighted by Crippen LogP contribution is -2.46. The van der Waals surface area contributed by atoms with Crippen LogP contribution in [0.25, 0.3) is 0 Å². The molecule has 494 valence electrons. The van der Waals surface area contributed by atoms with E-state index >= 15 is 0 Å². The van der Waals surface area contributed by atoms with E-state index in [2.05, 4.69) is 42.0 Å². The Kier molecular flexibility index (Phi) is 22.5. The van der Waals surface area contributed by atoms with Crippen LogP contribution in [0.4, 0.5) is 30.2 Å². The number of amides is 6. The van der Waals surface area contributed by atoms with E-state index in [0.29, 0.717) is 94.3 Å². The summed E-state index contributed by atoms with van der Waals surface area (Å²) in [6.07, 6.45) is 5.38. The third-order valence-electron chi connectivity index (χ3n) is 15.9. The van der Waals surface area contributed by atoms with E-state index in [1.807, 2.05) is 34.6 Å². The highest BCUT2D eigenvalue weighted by atomic mass is 35.5. The topological polar surface area (TPSA) is 280 Å². The molecule has 3 aromatic carbocycles. The van der Waals surface area contributed by atoms with Crippen molar-refractivity contribution in [3.63, 3.8) is 0 Å². The Morgan fingerprint density at radius 3 is 1.43 bits per heavy atom. The number of ketones is 3. The molecule has 0 bridgehead atoms. The second kappa shape index (κ2) is 29.4. The number of anilines is 3. The summed E-state index contributed by atoms with van der Waals surface area (Å²) in [6, 6.07) is 15.2. The Hall–Kier alpha value is -9.45. The van der Waals surface area contributed by atoms with E-state index in [4.69, 9.17) is 16.1 Å². The average molecular weight is 1300 g/mol. The van der Waals surface area contributed by atoms with E-state index in [1.54, 1.807) is 76.7 Å². The summed E-state index contributed by atoms with van der Waals surface area (Å²) in [5, 5.41) is 20.1. The summed E-state index contributed by atoms with van der Waals surface area (Å²) in [4.78, 5) is 119. The summed E-state index contributed by atoms with van der Waals surface area (Å²) in [7, 11) is 1.51. The van der Waals surface area contributed by atoms with Crippen LogP contribution >= 0.6 is 11.6 Å². The number of hydrogen-bond donors (Lipinski definition) is 6. The lowest BCUT2D eigenvalue weighted by atomic mass is 10.0. The molecule has 9 rings (SSSR count). The molecule has 6 heterocycles. The molecule has 25 heteroatoms. The van der Waals surface area contributed by atoms with E-state index in [1.165, 1.54) is 66.2 Å². The van der Waals surface area contributed by atoms with Crippen LogP contribution in [-0.4, -0.2) is 87.7 Å². The van der Waals surface area contributed by atoms with Crippen molar-refractivity contribution in [1.29, 1.82) is 0 Å².